The lowest BCUT2D eigenvalue weighted by Crippen LogP contribution is -2.50. The van der Waals surface area contributed by atoms with E-state index in [0.29, 0.717) is 17.8 Å². The monoisotopic (exact) mass is 478 g/mol. The minimum atomic E-state index is -1.11. The van der Waals surface area contributed by atoms with Gasteiger partial charge >= 0.3 is 0 Å². The summed E-state index contributed by atoms with van der Waals surface area (Å²) in [6.07, 6.45) is 5.47. The Balaban J connectivity index is 0.00000338. The van der Waals surface area contributed by atoms with Gasteiger partial charge in [0.1, 0.15) is 11.4 Å². The second kappa shape index (κ2) is 11.1. The second-order valence-electron chi connectivity index (χ2n) is 7.26. The molecule has 1 fully saturated rings. The van der Waals surface area contributed by atoms with Crippen LogP contribution in [-0.2, 0) is 5.60 Å². The van der Waals surface area contributed by atoms with Gasteiger partial charge in [0.2, 0.25) is 0 Å². The predicted octanol–water partition coefficient (Wildman–Crippen LogP) is 2.92. The van der Waals surface area contributed by atoms with Crippen molar-refractivity contribution in [2.24, 2.45) is 4.99 Å². The summed E-state index contributed by atoms with van der Waals surface area (Å²) < 4.78 is 5.31. The van der Waals surface area contributed by atoms with Gasteiger partial charge in [-0.25, -0.2) is 4.99 Å². The van der Waals surface area contributed by atoms with Crippen LogP contribution in [0.15, 0.2) is 27.8 Å². The van der Waals surface area contributed by atoms with Gasteiger partial charge in [0.15, 0.2) is 5.96 Å². The van der Waals surface area contributed by atoms with Crippen LogP contribution in [0.3, 0.4) is 0 Å². The Hall–Kier alpha value is -0.800. The van der Waals surface area contributed by atoms with E-state index < -0.39 is 5.60 Å². The Morgan fingerprint density at radius 2 is 2.23 bits per heavy atom. The Labute approximate surface area is 174 Å². The fourth-order valence-electron chi connectivity index (χ4n) is 3.37. The molecule has 0 aliphatic carbocycles. The molecule has 0 amide bonds. The summed E-state index contributed by atoms with van der Waals surface area (Å²) in [6, 6.07) is 4.64. The van der Waals surface area contributed by atoms with Crippen LogP contribution in [-0.4, -0.2) is 54.2 Å². The maximum Gasteiger partial charge on any atom is 0.191 e. The average Bonchev–Trinajstić information content (AvgIpc) is 3.13. The van der Waals surface area contributed by atoms with Gasteiger partial charge in [-0.1, -0.05) is 6.42 Å². The first-order chi connectivity index (χ1) is 11.9. The van der Waals surface area contributed by atoms with Crippen LogP contribution >= 0.6 is 24.0 Å². The summed E-state index contributed by atoms with van der Waals surface area (Å²) in [6.45, 7) is 11.4. The molecular weight excluding hydrogens is 443 g/mol. The number of halogens is 1. The van der Waals surface area contributed by atoms with Crippen LogP contribution in [0.5, 0.6) is 0 Å². The van der Waals surface area contributed by atoms with Crippen molar-refractivity contribution < 1.29 is 9.52 Å². The van der Waals surface area contributed by atoms with E-state index in [0.717, 1.165) is 19.0 Å². The highest BCUT2D eigenvalue weighted by atomic mass is 127. The first kappa shape index (κ1) is 23.2. The number of furan rings is 1. The van der Waals surface area contributed by atoms with Crippen LogP contribution in [0.1, 0.15) is 52.7 Å². The maximum atomic E-state index is 10.5. The zero-order chi connectivity index (χ0) is 18.3. The number of aliphatic hydroxyl groups is 1. The molecule has 1 aromatic rings. The van der Waals surface area contributed by atoms with Gasteiger partial charge in [-0.15, -0.1) is 24.0 Å². The summed E-state index contributed by atoms with van der Waals surface area (Å²) in [5.74, 6) is 1.26. The number of hydrogen-bond donors (Lipinski definition) is 3. The van der Waals surface area contributed by atoms with Gasteiger partial charge in [0.25, 0.3) is 0 Å². The van der Waals surface area contributed by atoms with E-state index in [4.69, 9.17) is 4.42 Å². The van der Waals surface area contributed by atoms with E-state index in [1.165, 1.54) is 25.8 Å². The van der Waals surface area contributed by atoms with Gasteiger partial charge < -0.3 is 20.2 Å². The van der Waals surface area contributed by atoms with Crippen molar-refractivity contribution in [3.05, 3.63) is 24.2 Å². The third-order valence-corrected chi connectivity index (χ3v) is 4.93. The number of guanidine groups is 1. The summed E-state index contributed by atoms with van der Waals surface area (Å²) in [7, 11) is 0. The molecule has 0 spiro atoms. The molecule has 3 unspecified atom stereocenters. The third kappa shape index (κ3) is 6.74. The number of aliphatic imine (C=N–C) groups is 1. The van der Waals surface area contributed by atoms with Crippen LogP contribution in [0.4, 0.5) is 0 Å². The molecule has 2 heterocycles. The first-order valence-electron chi connectivity index (χ1n) is 9.48. The summed E-state index contributed by atoms with van der Waals surface area (Å²) in [4.78, 5) is 7.11. The van der Waals surface area contributed by atoms with Crippen molar-refractivity contribution in [2.45, 2.75) is 64.6 Å². The van der Waals surface area contributed by atoms with Crippen LogP contribution in [0.2, 0.25) is 0 Å². The topological polar surface area (TPSA) is 73.0 Å². The highest BCUT2D eigenvalue weighted by molar-refractivity contribution is 14.0. The molecule has 1 aliphatic heterocycles. The standard InChI is InChI=1S/C19H34N4O2.HI/c1-5-20-18(22-14-19(4,24)17-10-8-12-25-17)21-13-16(3)23-11-7-6-9-15(23)2;/h8,10,12,15-16,24H,5-7,9,11,13-14H2,1-4H3,(H2,20,21,22);1H. The molecule has 6 nitrogen and oxygen atoms in total. The van der Waals surface area contributed by atoms with Crippen molar-refractivity contribution in [1.29, 1.82) is 0 Å². The van der Waals surface area contributed by atoms with Crippen molar-refractivity contribution in [3.63, 3.8) is 0 Å². The lowest BCUT2D eigenvalue weighted by molar-refractivity contribution is 0.0436. The SMILES string of the molecule is CCNC(=NCC(C)(O)c1ccco1)NCC(C)N1CCCCC1C.I. The number of hydrogen-bond acceptors (Lipinski definition) is 4. The second-order valence-corrected chi connectivity index (χ2v) is 7.26. The van der Waals surface area contributed by atoms with E-state index in [1.807, 2.05) is 6.92 Å². The van der Waals surface area contributed by atoms with Crippen LogP contribution in [0, 0.1) is 0 Å². The number of piperidine rings is 1. The number of rotatable bonds is 7. The molecule has 0 bridgehead atoms. The van der Waals surface area contributed by atoms with Crippen molar-refractivity contribution in [3.8, 4) is 0 Å². The Morgan fingerprint density at radius 3 is 2.85 bits per heavy atom. The molecule has 3 N–H and O–H groups in total. The molecule has 1 saturated heterocycles. The van der Waals surface area contributed by atoms with Crippen molar-refractivity contribution in [1.82, 2.24) is 15.5 Å². The highest BCUT2D eigenvalue weighted by Gasteiger charge is 2.26. The van der Waals surface area contributed by atoms with Gasteiger partial charge in [0.05, 0.1) is 12.8 Å². The van der Waals surface area contributed by atoms with Gasteiger partial charge in [-0.05, 0) is 59.2 Å². The molecular formula is C19H35IN4O2. The predicted molar refractivity (Wildman–Crippen MR) is 117 cm³/mol. The third-order valence-electron chi connectivity index (χ3n) is 4.93. The number of likely N-dealkylation sites (tertiary alicyclic amines) is 1. The first-order valence-corrected chi connectivity index (χ1v) is 9.48. The Morgan fingerprint density at radius 1 is 1.46 bits per heavy atom. The zero-order valence-corrected chi connectivity index (χ0v) is 18.8. The number of nitrogens with one attached hydrogen (secondary N) is 2. The molecule has 1 aliphatic rings. The minimum absolute atomic E-state index is 0. The lowest BCUT2D eigenvalue weighted by atomic mass is 10.0. The van der Waals surface area contributed by atoms with Gasteiger partial charge in [-0.2, -0.15) is 0 Å². The smallest absolute Gasteiger partial charge is 0.191 e. The quantitative estimate of drug-likeness (QED) is 0.320. The van der Waals surface area contributed by atoms with Crippen LogP contribution < -0.4 is 10.6 Å². The molecule has 150 valence electrons. The fourth-order valence-corrected chi connectivity index (χ4v) is 3.37. The lowest BCUT2D eigenvalue weighted by Gasteiger charge is -2.38. The van der Waals surface area contributed by atoms with E-state index in [9.17, 15) is 5.11 Å². The number of nitrogens with zero attached hydrogens (tertiary/aromatic N) is 2. The van der Waals surface area contributed by atoms with Gasteiger partial charge in [0, 0.05) is 25.2 Å². The molecule has 0 aromatic carbocycles. The molecule has 26 heavy (non-hydrogen) atoms. The fraction of sp³-hybridized carbons (Fsp3) is 0.737. The highest BCUT2D eigenvalue weighted by Crippen LogP contribution is 2.21. The molecule has 1 aromatic heterocycles. The molecule has 2 rings (SSSR count). The normalized spacial score (nSPS) is 22.2. The Bertz CT molecular complexity index is 534. The zero-order valence-electron chi connectivity index (χ0n) is 16.5. The van der Waals surface area contributed by atoms with E-state index in [-0.39, 0.29) is 30.5 Å². The van der Waals surface area contributed by atoms with E-state index in [2.05, 4.69) is 34.4 Å². The molecule has 3 atom stereocenters. The van der Waals surface area contributed by atoms with E-state index in [1.54, 1.807) is 25.3 Å². The van der Waals surface area contributed by atoms with Crippen molar-refractivity contribution in [2.75, 3.05) is 26.2 Å². The van der Waals surface area contributed by atoms with Crippen molar-refractivity contribution >= 4 is 29.9 Å². The largest absolute Gasteiger partial charge is 0.466 e. The summed E-state index contributed by atoms with van der Waals surface area (Å²) in [5.41, 5.74) is -1.11. The average molecular weight is 478 g/mol. The molecule has 7 heteroatoms. The Kier molecular flexibility index (Phi) is 9.95. The van der Waals surface area contributed by atoms with Crippen LogP contribution in [0.25, 0.3) is 0 Å². The molecule has 0 saturated carbocycles. The molecule has 0 radical (unpaired) electrons. The van der Waals surface area contributed by atoms with E-state index >= 15 is 0 Å². The minimum Gasteiger partial charge on any atom is -0.466 e. The summed E-state index contributed by atoms with van der Waals surface area (Å²) >= 11 is 0. The maximum absolute atomic E-state index is 10.5. The van der Waals surface area contributed by atoms with Gasteiger partial charge in [-0.3, -0.25) is 4.90 Å². The summed E-state index contributed by atoms with van der Waals surface area (Å²) in [5, 5.41) is 17.2.